The van der Waals surface area contributed by atoms with Gasteiger partial charge < -0.3 is 14.4 Å². The lowest BCUT2D eigenvalue weighted by molar-refractivity contribution is -0.138. The van der Waals surface area contributed by atoms with E-state index in [1.54, 1.807) is 29.2 Å². The number of ether oxygens (including phenoxy) is 2. The zero-order chi connectivity index (χ0) is 22.4. The minimum atomic E-state index is -4.43. The maximum absolute atomic E-state index is 12.7. The number of hydrogen-bond donors (Lipinski definition) is 0. The highest BCUT2D eigenvalue weighted by Gasteiger charge is 2.30. The van der Waals surface area contributed by atoms with Gasteiger partial charge in [0, 0.05) is 13.1 Å². The lowest BCUT2D eigenvalue weighted by Gasteiger charge is -2.26. The molecule has 0 bridgehead atoms. The number of amides is 1. The van der Waals surface area contributed by atoms with Crippen LogP contribution in [0.1, 0.15) is 16.7 Å². The number of carbonyl (C=O) groups is 1. The summed E-state index contributed by atoms with van der Waals surface area (Å²) in [7, 11) is 0. The van der Waals surface area contributed by atoms with Gasteiger partial charge in [-0.25, -0.2) is 0 Å². The van der Waals surface area contributed by atoms with Gasteiger partial charge in [0.1, 0.15) is 5.75 Å². The van der Waals surface area contributed by atoms with Crippen molar-refractivity contribution in [3.05, 3.63) is 63.6 Å². The van der Waals surface area contributed by atoms with Crippen molar-refractivity contribution >= 4 is 33.5 Å². The molecule has 0 N–H and O–H groups in total. The third kappa shape index (κ3) is 6.09. The Kier molecular flexibility index (Phi) is 7.36. The Balaban J connectivity index is 1.70. The number of morpholine rings is 1. The van der Waals surface area contributed by atoms with Crippen molar-refractivity contribution in [2.45, 2.75) is 6.18 Å². The zero-order valence-electron chi connectivity index (χ0n) is 16.3. The average molecular weight is 495 g/mol. The molecule has 3 rings (SSSR count). The first kappa shape index (κ1) is 22.8. The Morgan fingerprint density at radius 2 is 1.87 bits per heavy atom. The minimum Gasteiger partial charge on any atom is -0.483 e. The van der Waals surface area contributed by atoms with Crippen molar-refractivity contribution in [2.24, 2.45) is 0 Å². The van der Waals surface area contributed by atoms with E-state index in [2.05, 4.69) is 15.9 Å². The molecular formula is C22H18BrF3N2O3. The SMILES string of the molecule is N#C/C(=C/c1ccc(OCC(=O)N2CCOCC2)c(Br)c1)c1ccc(C(F)(F)F)cc1. The van der Waals surface area contributed by atoms with Crippen molar-refractivity contribution in [1.82, 2.24) is 4.90 Å². The Labute approximate surface area is 185 Å². The van der Waals surface area contributed by atoms with Crippen molar-refractivity contribution in [2.75, 3.05) is 32.9 Å². The van der Waals surface area contributed by atoms with E-state index in [1.807, 2.05) is 6.07 Å². The van der Waals surface area contributed by atoms with Gasteiger partial charge in [-0.15, -0.1) is 0 Å². The van der Waals surface area contributed by atoms with Crippen LogP contribution in [-0.4, -0.2) is 43.7 Å². The number of allylic oxidation sites excluding steroid dienone is 1. The summed E-state index contributed by atoms with van der Waals surface area (Å²) in [5.41, 5.74) is 0.472. The predicted octanol–water partition coefficient (Wildman–Crippen LogP) is 4.77. The summed E-state index contributed by atoms with van der Waals surface area (Å²) in [6.07, 6.45) is -2.87. The van der Waals surface area contributed by atoms with Crippen LogP contribution in [0.25, 0.3) is 11.6 Å². The molecule has 9 heteroatoms. The molecule has 1 fully saturated rings. The van der Waals surface area contributed by atoms with Crippen molar-refractivity contribution < 1.29 is 27.4 Å². The quantitative estimate of drug-likeness (QED) is 0.443. The molecule has 0 saturated carbocycles. The number of hydrogen-bond acceptors (Lipinski definition) is 4. The summed E-state index contributed by atoms with van der Waals surface area (Å²) in [4.78, 5) is 13.9. The van der Waals surface area contributed by atoms with Gasteiger partial charge in [0.2, 0.25) is 0 Å². The molecule has 2 aromatic rings. The van der Waals surface area contributed by atoms with E-state index in [9.17, 15) is 23.2 Å². The fraction of sp³-hybridized carbons (Fsp3) is 0.273. The Morgan fingerprint density at radius 1 is 1.19 bits per heavy atom. The monoisotopic (exact) mass is 494 g/mol. The second-order valence-corrected chi connectivity index (χ2v) is 7.57. The van der Waals surface area contributed by atoms with E-state index in [1.165, 1.54) is 12.1 Å². The molecule has 5 nitrogen and oxygen atoms in total. The summed E-state index contributed by atoms with van der Waals surface area (Å²) in [6.45, 7) is 1.98. The largest absolute Gasteiger partial charge is 0.483 e. The molecule has 1 aliphatic rings. The van der Waals surface area contributed by atoms with Gasteiger partial charge in [-0.05, 0) is 57.4 Å². The maximum atomic E-state index is 12.7. The second-order valence-electron chi connectivity index (χ2n) is 6.72. The van der Waals surface area contributed by atoms with Crippen LogP contribution in [0.2, 0.25) is 0 Å². The Hall–Kier alpha value is -2.83. The minimum absolute atomic E-state index is 0.108. The van der Waals surface area contributed by atoms with Crippen LogP contribution in [-0.2, 0) is 15.7 Å². The highest BCUT2D eigenvalue weighted by Crippen LogP contribution is 2.31. The van der Waals surface area contributed by atoms with E-state index < -0.39 is 11.7 Å². The van der Waals surface area contributed by atoms with Gasteiger partial charge in [0.15, 0.2) is 6.61 Å². The number of alkyl halides is 3. The first-order valence-electron chi connectivity index (χ1n) is 9.35. The first-order chi connectivity index (χ1) is 14.8. The van der Waals surface area contributed by atoms with E-state index in [0.29, 0.717) is 47.7 Å². The third-order valence-electron chi connectivity index (χ3n) is 4.63. The molecule has 1 saturated heterocycles. The van der Waals surface area contributed by atoms with Crippen molar-refractivity contribution in [3.63, 3.8) is 0 Å². The van der Waals surface area contributed by atoms with Gasteiger partial charge in [0.05, 0.1) is 34.9 Å². The second kappa shape index (κ2) is 9.98. The Bertz CT molecular complexity index is 1010. The normalized spacial score (nSPS) is 14.8. The van der Waals surface area contributed by atoms with E-state index in [0.717, 1.165) is 12.1 Å². The number of carbonyl (C=O) groups excluding carboxylic acids is 1. The van der Waals surface area contributed by atoms with Crippen LogP contribution < -0.4 is 4.74 Å². The van der Waals surface area contributed by atoms with Gasteiger partial charge in [0.25, 0.3) is 5.91 Å². The standard InChI is InChI=1S/C22H18BrF3N2O3/c23-19-12-15(1-6-20(19)31-14-21(29)28-7-9-30-10-8-28)11-17(13-27)16-2-4-18(5-3-16)22(24,25)26/h1-6,11-12H,7-10,14H2/b17-11-. The Morgan fingerprint density at radius 3 is 2.45 bits per heavy atom. The van der Waals surface area contributed by atoms with Crippen LogP contribution in [0.15, 0.2) is 46.9 Å². The lowest BCUT2D eigenvalue weighted by atomic mass is 10.0. The smallest absolute Gasteiger partial charge is 0.416 e. The highest BCUT2D eigenvalue weighted by atomic mass is 79.9. The van der Waals surface area contributed by atoms with Crippen molar-refractivity contribution in [3.8, 4) is 11.8 Å². The third-order valence-corrected chi connectivity index (χ3v) is 5.25. The van der Waals surface area contributed by atoms with E-state index >= 15 is 0 Å². The van der Waals surface area contributed by atoms with Crippen LogP contribution in [0.3, 0.4) is 0 Å². The van der Waals surface area contributed by atoms with Crippen LogP contribution >= 0.6 is 15.9 Å². The molecule has 2 aromatic carbocycles. The van der Waals surface area contributed by atoms with Gasteiger partial charge in [-0.3, -0.25) is 4.79 Å². The highest BCUT2D eigenvalue weighted by molar-refractivity contribution is 9.10. The molecule has 0 unspecified atom stereocenters. The summed E-state index contributed by atoms with van der Waals surface area (Å²) >= 11 is 3.39. The molecule has 1 aliphatic heterocycles. The van der Waals surface area contributed by atoms with Gasteiger partial charge in [-0.1, -0.05) is 18.2 Å². The summed E-state index contributed by atoms with van der Waals surface area (Å²) in [5, 5.41) is 9.44. The van der Waals surface area contributed by atoms with Crippen LogP contribution in [0.5, 0.6) is 5.75 Å². The topological polar surface area (TPSA) is 62.6 Å². The lowest BCUT2D eigenvalue weighted by Crippen LogP contribution is -2.43. The number of nitriles is 1. The fourth-order valence-electron chi connectivity index (χ4n) is 2.95. The molecule has 0 aliphatic carbocycles. The molecule has 0 radical (unpaired) electrons. The van der Waals surface area contributed by atoms with Crippen LogP contribution in [0.4, 0.5) is 13.2 Å². The number of rotatable bonds is 5. The summed E-state index contributed by atoms with van der Waals surface area (Å²) < 4.78 is 49.6. The average Bonchev–Trinajstić information content (AvgIpc) is 2.76. The zero-order valence-corrected chi connectivity index (χ0v) is 17.9. The predicted molar refractivity (Wildman–Crippen MR) is 112 cm³/mol. The van der Waals surface area contributed by atoms with Gasteiger partial charge >= 0.3 is 6.18 Å². The van der Waals surface area contributed by atoms with Gasteiger partial charge in [-0.2, -0.15) is 18.4 Å². The first-order valence-corrected chi connectivity index (χ1v) is 10.1. The number of benzene rings is 2. The number of nitrogens with zero attached hydrogens (tertiary/aromatic N) is 2. The molecule has 1 heterocycles. The molecule has 0 spiro atoms. The molecule has 1 amide bonds. The molecular weight excluding hydrogens is 477 g/mol. The molecule has 31 heavy (non-hydrogen) atoms. The molecule has 162 valence electrons. The number of halogens is 4. The summed E-state index contributed by atoms with van der Waals surface area (Å²) in [6, 6.07) is 11.5. The fourth-order valence-corrected chi connectivity index (χ4v) is 3.46. The summed E-state index contributed by atoms with van der Waals surface area (Å²) in [5.74, 6) is 0.333. The van der Waals surface area contributed by atoms with E-state index in [-0.39, 0.29) is 18.1 Å². The van der Waals surface area contributed by atoms with Crippen molar-refractivity contribution in [1.29, 1.82) is 5.26 Å². The maximum Gasteiger partial charge on any atom is 0.416 e. The molecule has 0 atom stereocenters. The van der Waals surface area contributed by atoms with Crippen LogP contribution in [0, 0.1) is 11.3 Å². The van der Waals surface area contributed by atoms with E-state index in [4.69, 9.17) is 9.47 Å². The molecule has 0 aromatic heterocycles.